The Morgan fingerprint density at radius 2 is 1.60 bits per heavy atom. The van der Waals surface area contributed by atoms with E-state index in [9.17, 15) is 24.3 Å². The highest BCUT2D eigenvalue weighted by Crippen LogP contribution is 2.38. The van der Waals surface area contributed by atoms with Crippen LogP contribution in [0.5, 0.6) is 0 Å². The molecule has 2 aliphatic rings. The van der Waals surface area contributed by atoms with Crippen molar-refractivity contribution in [1.82, 2.24) is 4.90 Å². The molecular formula is C20H23NO8S. The first-order valence-corrected chi connectivity index (χ1v) is 10.5. The van der Waals surface area contributed by atoms with Gasteiger partial charge in [-0.05, 0) is 17.9 Å². The fourth-order valence-corrected chi connectivity index (χ4v) is 4.77. The Morgan fingerprint density at radius 1 is 1.07 bits per heavy atom. The van der Waals surface area contributed by atoms with Gasteiger partial charge in [0.2, 0.25) is 0 Å². The molecule has 2 aliphatic heterocycles. The molecule has 0 radical (unpaired) electrons. The molecule has 0 spiro atoms. The van der Waals surface area contributed by atoms with E-state index in [0.717, 1.165) is 4.90 Å². The molecule has 5 unspecified atom stereocenters. The smallest absolute Gasteiger partial charge is 0.303 e. The number of esters is 2. The number of imide groups is 1. The lowest BCUT2D eigenvalue weighted by Gasteiger charge is -2.47. The lowest BCUT2D eigenvalue weighted by Crippen LogP contribution is -2.66. The maximum absolute atomic E-state index is 13.1. The predicted octanol–water partition coefficient (Wildman–Crippen LogP) is 0.985. The Kier molecular flexibility index (Phi) is 6.79. The van der Waals surface area contributed by atoms with E-state index in [1.807, 2.05) is 6.92 Å². The number of thioether (sulfide) groups is 1. The number of carbonyl (C=O) groups is 4. The molecule has 1 fully saturated rings. The van der Waals surface area contributed by atoms with Crippen LogP contribution in [-0.2, 0) is 23.8 Å². The summed E-state index contributed by atoms with van der Waals surface area (Å²) in [4.78, 5) is 50.8. The van der Waals surface area contributed by atoms with Crippen molar-refractivity contribution in [1.29, 1.82) is 0 Å². The number of rotatable bonds is 6. The topological polar surface area (TPSA) is 119 Å². The number of carbonyl (C=O) groups excluding carboxylic acids is 4. The van der Waals surface area contributed by atoms with Crippen LogP contribution in [0.15, 0.2) is 24.3 Å². The zero-order valence-corrected chi connectivity index (χ0v) is 17.6. The minimum Gasteiger partial charge on any atom is -0.456 e. The van der Waals surface area contributed by atoms with Crippen molar-refractivity contribution in [3.8, 4) is 0 Å². The zero-order valence-electron chi connectivity index (χ0n) is 16.8. The van der Waals surface area contributed by atoms with Gasteiger partial charge in [0.05, 0.1) is 17.7 Å². The number of hydrogen-bond acceptors (Lipinski definition) is 9. The molecule has 2 amide bonds. The first-order chi connectivity index (χ1) is 14.3. The number of aliphatic hydroxyl groups is 1. The summed E-state index contributed by atoms with van der Waals surface area (Å²) >= 11 is 1.29. The summed E-state index contributed by atoms with van der Waals surface area (Å²) in [5.41, 5.74) is -0.333. The molecule has 1 aromatic rings. The van der Waals surface area contributed by atoms with E-state index in [4.69, 9.17) is 14.2 Å². The molecule has 10 heteroatoms. The summed E-state index contributed by atoms with van der Waals surface area (Å²) in [5, 5.41) is 9.80. The van der Waals surface area contributed by atoms with Crippen molar-refractivity contribution >= 4 is 35.5 Å². The largest absolute Gasteiger partial charge is 0.456 e. The van der Waals surface area contributed by atoms with E-state index in [1.54, 1.807) is 24.3 Å². The minimum absolute atomic E-state index is 0.234. The van der Waals surface area contributed by atoms with Gasteiger partial charge in [-0.2, -0.15) is 0 Å². The van der Waals surface area contributed by atoms with Crippen LogP contribution in [0.25, 0.3) is 0 Å². The quantitative estimate of drug-likeness (QED) is 0.513. The Bertz CT molecular complexity index is 824. The van der Waals surface area contributed by atoms with Crippen molar-refractivity contribution in [3.63, 3.8) is 0 Å². The molecule has 1 N–H and O–H groups in total. The fourth-order valence-electron chi connectivity index (χ4n) is 3.75. The number of hydrogen-bond donors (Lipinski definition) is 1. The molecular weight excluding hydrogens is 414 g/mol. The van der Waals surface area contributed by atoms with E-state index in [2.05, 4.69) is 0 Å². The summed E-state index contributed by atoms with van der Waals surface area (Å²) in [6.07, 6.45) is -3.39. The molecule has 1 saturated heterocycles. The normalized spacial score (nSPS) is 28.3. The third-order valence-corrected chi connectivity index (χ3v) is 5.91. The minimum atomic E-state index is -1.21. The molecule has 2 heterocycles. The number of nitrogens with zero attached hydrogens (tertiary/aromatic N) is 1. The zero-order chi connectivity index (χ0) is 22.0. The van der Waals surface area contributed by atoms with E-state index in [1.165, 1.54) is 25.6 Å². The number of benzene rings is 1. The first-order valence-electron chi connectivity index (χ1n) is 9.49. The predicted molar refractivity (Wildman–Crippen MR) is 106 cm³/mol. The van der Waals surface area contributed by atoms with Crippen molar-refractivity contribution in [3.05, 3.63) is 35.4 Å². The number of fused-ring (bicyclic) bond motifs is 1. The number of ether oxygens (including phenoxy) is 3. The van der Waals surface area contributed by atoms with Crippen LogP contribution in [0.2, 0.25) is 0 Å². The van der Waals surface area contributed by atoms with Gasteiger partial charge < -0.3 is 19.3 Å². The van der Waals surface area contributed by atoms with Crippen LogP contribution >= 0.6 is 11.8 Å². The molecule has 0 aliphatic carbocycles. The van der Waals surface area contributed by atoms with Gasteiger partial charge >= 0.3 is 11.9 Å². The maximum atomic E-state index is 13.1. The van der Waals surface area contributed by atoms with Crippen LogP contribution in [0.3, 0.4) is 0 Å². The molecule has 0 aromatic heterocycles. The summed E-state index contributed by atoms with van der Waals surface area (Å²) < 4.78 is 16.7. The average molecular weight is 437 g/mol. The second-order valence-corrected chi connectivity index (χ2v) is 8.22. The van der Waals surface area contributed by atoms with Crippen molar-refractivity contribution < 1.29 is 38.5 Å². The van der Waals surface area contributed by atoms with Crippen LogP contribution in [0, 0.1) is 0 Å². The number of aliphatic hydroxyl groups excluding tert-OH is 1. The first kappa shape index (κ1) is 22.3. The molecule has 0 saturated carbocycles. The average Bonchev–Trinajstić information content (AvgIpc) is 2.94. The van der Waals surface area contributed by atoms with Crippen molar-refractivity contribution in [2.45, 2.75) is 50.6 Å². The van der Waals surface area contributed by atoms with Crippen LogP contribution < -0.4 is 0 Å². The molecule has 30 heavy (non-hydrogen) atoms. The standard InChI is InChI=1S/C20H23NO8S/c1-4-30-20-15(21-18(25)12-7-5-6-8-13(12)19(21)26)17(28-11(3)24)16(27-10(2)23)14(9-22)29-20/h5-8,14-17,20,22H,4,9H2,1-3H3. The molecule has 1 aromatic carbocycles. The van der Waals surface area contributed by atoms with Crippen LogP contribution in [-0.4, -0.2) is 75.9 Å². The Morgan fingerprint density at radius 3 is 2.07 bits per heavy atom. The molecule has 5 atom stereocenters. The number of amides is 2. The third kappa shape index (κ3) is 4.07. The van der Waals surface area contributed by atoms with Gasteiger partial charge in [0.15, 0.2) is 12.2 Å². The van der Waals surface area contributed by atoms with Gasteiger partial charge in [-0.15, -0.1) is 11.8 Å². The molecule has 0 bridgehead atoms. The SMILES string of the molecule is CCSC1OC(CO)C(OC(C)=O)C(OC(C)=O)C1N1C(=O)c2ccccc2C1=O. The summed E-state index contributed by atoms with van der Waals surface area (Å²) in [5.74, 6) is -1.90. The second-order valence-electron chi connectivity index (χ2n) is 6.85. The summed E-state index contributed by atoms with van der Waals surface area (Å²) in [7, 11) is 0. The van der Waals surface area contributed by atoms with E-state index in [0.29, 0.717) is 5.75 Å². The fraction of sp³-hybridized carbons (Fsp3) is 0.500. The molecule has 162 valence electrons. The Hall–Kier alpha value is -2.43. The van der Waals surface area contributed by atoms with Gasteiger partial charge in [0.25, 0.3) is 11.8 Å². The van der Waals surface area contributed by atoms with Crippen molar-refractivity contribution in [2.24, 2.45) is 0 Å². The highest BCUT2D eigenvalue weighted by molar-refractivity contribution is 7.99. The Labute approximate surface area is 177 Å². The van der Waals surface area contributed by atoms with Gasteiger partial charge in [0.1, 0.15) is 17.6 Å². The second kappa shape index (κ2) is 9.15. The van der Waals surface area contributed by atoms with Gasteiger partial charge in [-0.3, -0.25) is 24.1 Å². The monoisotopic (exact) mass is 437 g/mol. The van der Waals surface area contributed by atoms with E-state index in [-0.39, 0.29) is 11.1 Å². The lowest BCUT2D eigenvalue weighted by molar-refractivity contribution is -0.214. The highest BCUT2D eigenvalue weighted by Gasteiger charge is 2.56. The highest BCUT2D eigenvalue weighted by atomic mass is 32.2. The van der Waals surface area contributed by atoms with Crippen LogP contribution in [0.1, 0.15) is 41.5 Å². The maximum Gasteiger partial charge on any atom is 0.303 e. The summed E-state index contributed by atoms with van der Waals surface area (Å²) in [6, 6.07) is 5.33. The summed E-state index contributed by atoms with van der Waals surface area (Å²) in [6.45, 7) is 3.70. The lowest BCUT2D eigenvalue weighted by atomic mass is 9.96. The van der Waals surface area contributed by atoms with Crippen molar-refractivity contribution in [2.75, 3.05) is 12.4 Å². The molecule has 9 nitrogen and oxygen atoms in total. The van der Waals surface area contributed by atoms with Gasteiger partial charge in [-0.1, -0.05) is 19.1 Å². The van der Waals surface area contributed by atoms with E-state index < -0.39 is 60.1 Å². The van der Waals surface area contributed by atoms with Gasteiger partial charge in [-0.25, -0.2) is 0 Å². The Balaban J connectivity index is 2.08. The van der Waals surface area contributed by atoms with Gasteiger partial charge in [0, 0.05) is 13.8 Å². The van der Waals surface area contributed by atoms with Crippen LogP contribution in [0.4, 0.5) is 0 Å². The molecule has 3 rings (SSSR count). The van der Waals surface area contributed by atoms with E-state index >= 15 is 0 Å². The third-order valence-electron chi connectivity index (χ3n) is 4.85.